The summed E-state index contributed by atoms with van der Waals surface area (Å²) in [5.74, 6) is 0. The Morgan fingerprint density at radius 1 is 1.09 bits per heavy atom. The third-order valence-electron chi connectivity index (χ3n) is 1.08. The fourth-order valence-corrected chi connectivity index (χ4v) is 0.614. The van der Waals surface area contributed by atoms with Crippen molar-refractivity contribution in [1.82, 2.24) is 0 Å². The summed E-state index contributed by atoms with van der Waals surface area (Å²) < 4.78 is 0. The number of benzene rings is 1. The fraction of sp³-hybridized carbons (Fsp3) is 0.111. The summed E-state index contributed by atoms with van der Waals surface area (Å²) in [7, 11) is 5.35. The zero-order valence-corrected chi connectivity index (χ0v) is 6.49. The fourth-order valence-electron chi connectivity index (χ4n) is 0.614. The van der Waals surface area contributed by atoms with Gasteiger partial charge in [0.1, 0.15) is 0 Å². The summed E-state index contributed by atoms with van der Waals surface area (Å²) in [5, 5.41) is 0. The van der Waals surface area contributed by atoms with E-state index < -0.39 is 0 Å². The van der Waals surface area contributed by atoms with E-state index in [4.69, 9.17) is 7.85 Å². The Morgan fingerprint density at radius 3 is 1.82 bits per heavy atom. The minimum Gasteiger partial charge on any atom is -0.269 e. The molecule has 58 valence electrons. The molecular weight excluding hydrogens is 138 g/mol. The zero-order chi connectivity index (χ0) is 7.82. The van der Waals surface area contributed by atoms with Gasteiger partial charge in [-0.15, -0.1) is 13.2 Å². The lowest BCUT2D eigenvalue weighted by atomic mass is 9.97. The van der Waals surface area contributed by atoms with E-state index in [1.807, 2.05) is 30.3 Å². The van der Waals surface area contributed by atoms with Crippen LogP contribution in [0.25, 0.3) is 0 Å². The number of rotatable bonds is 1. The molecule has 2 heteroatoms. The van der Waals surface area contributed by atoms with Crippen molar-refractivity contribution < 1.29 is 4.70 Å². The molecule has 0 atom stereocenters. The standard InChI is InChI=1S/C7H7B.C2H4.FH/c8-6-7-4-2-1-3-5-7;1-2;/h1-5H,6H2;1-2H2;1H. The molecule has 0 unspecified atom stereocenters. The van der Waals surface area contributed by atoms with Crippen molar-refractivity contribution in [2.24, 2.45) is 0 Å². The lowest BCUT2D eigenvalue weighted by Gasteiger charge is -1.89. The summed E-state index contributed by atoms with van der Waals surface area (Å²) in [4.78, 5) is 0. The monoisotopic (exact) mass is 150 g/mol. The van der Waals surface area contributed by atoms with E-state index in [9.17, 15) is 0 Å². The van der Waals surface area contributed by atoms with Crippen molar-refractivity contribution >= 4 is 7.85 Å². The Labute approximate surface area is 68.7 Å². The van der Waals surface area contributed by atoms with Crippen molar-refractivity contribution in [3.63, 3.8) is 0 Å². The van der Waals surface area contributed by atoms with Crippen molar-refractivity contribution in [2.75, 3.05) is 0 Å². The quantitative estimate of drug-likeness (QED) is 0.425. The van der Waals surface area contributed by atoms with Crippen LogP contribution in [0.5, 0.6) is 0 Å². The van der Waals surface area contributed by atoms with Crippen LogP contribution in [0.3, 0.4) is 0 Å². The third kappa shape index (κ3) is 5.40. The highest BCUT2D eigenvalue weighted by Gasteiger charge is 1.79. The van der Waals surface area contributed by atoms with Gasteiger partial charge >= 0.3 is 0 Å². The number of halogens is 1. The van der Waals surface area contributed by atoms with Crippen LogP contribution < -0.4 is 0 Å². The minimum atomic E-state index is 0. The van der Waals surface area contributed by atoms with Crippen LogP contribution >= 0.6 is 0 Å². The molecule has 0 fully saturated rings. The summed E-state index contributed by atoms with van der Waals surface area (Å²) in [6.07, 6.45) is 0.640. The predicted molar refractivity (Wildman–Crippen MR) is 49.7 cm³/mol. The minimum absolute atomic E-state index is 0. The van der Waals surface area contributed by atoms with Gasteiger partial charge in [0.15, 0.2) is 0 Å². The molecule has 1 rings (SSSR count). The van der Waals surface area contributed by atoms with Gasteiger partial charge in [-0.2, -0.15) is 0 Å². The lowest BCUT2D eigenvalue weighted by Crippen LogP contribution is -1.78. The van der Waals surface area contributed by atoms with Gasteiger partial charge in [0.05, 0.1) is 7.85 Å². The molecular formula is C9H12BF. The number of hydrogen-bond acceptors (Lipinski definition) is 0. The van der Waals surface area contributed by atoms with Crippen LogP contribution in [-0.2, 0) is 6.32 Å². The molecule has 0 nitrogen and oxygen atoms in total. The van der Waals surface area contributed by atoms with E-state index in [0.29, 0.717) is 6.32 Å². The van der Waals surface area contributed by atoms with E-state index in [1.54, 1.807) is 0 Å². The lowest BCUT2D eigenvalue weighted by molar-refractivity contribution is 1.11. The molecule has 2 radical (unpaired) electrons. The van der Waals surface area contributed by atoms with Crippen LogP contribution in [0.4, 0.5) is 4.70 Å². The Bertz CT molecular complexity index is 162. The Kier molecular flexibility index (Phi) is 10.3. The second-order valence-electron chi connectivity index (χ2n) is 1.69. The summed E-state index contributed by atoms with van der Waals surface area (Å²) in [5.41, 5.74) is 1.19. The van der Waals surface area contributed by atoms with E-state index in [2.05, 4.69) is 13.2 Å². The van der Waals surface area contributed by atoms with Crippen LogP contribution in [-0.4, -0.2) is 7.85 Å². The Balaban J connectivity index is 0. The first-order chi connectivity index (χ1) is 4.93. The highest BCUT2D eigenvalue weighted by molar-refractivity contribution is 6.08. The Hall–Kier alpha value is -1.05. The third-order valence-corrected chi connectivity index (χ3v) is 1.08. The molecule has 1 aromatic carbocycles. The first kappa shape index (κ1) is 12.6. The first-order valence-electron chi connectivity index (χ1n) is 3.17. The van der Waals surface area contributed by atoms with Crippen molar-refractivity contribution in [1.29, 1.82) is 0 Å². The molecule has 0 aliphatic carbocycles. The average molecular weight is 150 g/mol. The summed E-state index contributed by atoms with van der Waals surface area (Å²) in [6.45, 7) is 6.00. The van der Waals surface area contributed by atoms with Crippen molar-refractivity contribution in [3.8, 4) is 0 Å². The topological polar surface area (TPSA) is 0 Å². The maximum absolute atomic E-state index is 5.35. The zero-order valence-electron chi connectivity index (χ0n) is 6.49. The van der Waals surface area contributed by atoms with Crippen LogP contribution in [0.15, 0.2) is 43.5 Å². The summed E-state index contributed by atoms with van der Waals surface area (Å²) in [6, 6.07) is 9.99. The molecule has 0 amide bonds. The molecule has 0 N–H and O–H groups in total. The second kappa shape index (κ2) is 8.95. The van der Waals surface area contributed by atoms with Crippen molar-refractivity contribution in [3.05, 3.63) is 49.1 Å². The largest absolute Gasteiger partial charge is 0.269 e. The van der Waals surface area contributed by atoms with Gasteiger partial charge in [-0.05, 0) is 0 Å². The van der Waals surface area contributed by atoms with E-state index >= 15 is 0 Å². The molecule has 0 bridgehead atoms. The average Bonchev–Trinajstić information content (AvgIpc) is 2.10. The maximum atomic E-state index is 5.35. The smallest absolute Gasteiger partial charge is 0.0716 e. The van der Waals surface area contributed by atoms with E-state index in [0.717, 1.165) is 0 Å². The first-order valence-corrected chi connectivity index (χ1v) is 3.17. The van der Waals surface area contributed by atoms with Gasteiger partial charge in [0.2, 0.25) is 0 Å². The molecule has 0 spiro atoms. The normalized spacial score (nSPS) is 6.91. The van der Waals surface area contributed by atoms with Crippen LogP contribution in [0, 0.1) is 0 Å². The summed E-state index contributed by atoms with van der Waals surface area (Å²) >= 11 is 0. The van der Waals surface area contributed by atoms with Gasteiger partial charge in [0, 0.05) is 0 Å². The molecule has 0 saturated heterocycles. The van der Waals surface area contributed by atoms with Crippen molar-refractivity contribution in [2.45, 2.75) is 6.32 Å². The molecule has 0 aliphatic rings. The Morgan fingerprint density at radius 2 is 1.55 bits per heavy atom. The highest BCUT2D eigenvalue weighted by Crippen LogP contribution is 1.95. The molecule has 1 aromatic rings. The molecule has 0 saturated carbocycles. The maximum Gasteiger partial charge on any atom is 0.0716 e. The highest BCUT2D eigenvalue weighted by atomic mass is 19.0. The van der Waals surface area contributed by atoms with Crippen LogP contribution in [0.2, 0.25) is 0 Å². The predicted octanol–water partition coefficient (Wildman–Crippen LogP) is 2.31. The van der Waals surface area contributed by atoms with Gasteiger partial charge in [-0.1, -0.05) is 42.2 Å². The van der Waals surface area contributed by atoms with E-state index in [1.165, 1.54) is 5.56 Å². The SMILES string of the molecule is C=C.F.[B]Cc1ccccc1. The molecule has 0 aromatic heterocycles. The van der Waals surface area contributed by atoms with Gasteiger partial charge in [-0.3, -0.25) is 4.70 Å². The van der Waals surface area contributed by atoms with Crippen LogP contribution in [0.1, 0.15) is 5.56 Å². The van der Waals surface area contributed by atoms with E-state index in [-0.39, 0.29) is 4.70 Å². The molecule has 0 aliphatic heterocycles. The molecule has 0 heterocycles. The van der Waals surface area contributed by atoms with Gasteiger partial charge in [0.25, 0.3) is 0 Å². The number of hydrogen-bond donors (Lipinski definition) is 0. The second-order valence-corrected chi connectivity index (χ2v) is 1.69. The molecule has 11 heavy (non-hydrogen) atoms. The van der Waals surface area contributed by atoms with Gasteiger partial charge < -0.3 is 0 Å². The van der Waals surface area contributed by atoms with Gasteiger partial charge in [-0.25, -0.2) is 0 Å².